The highest BCUT2D eigenvalue weighted by Gasteiger charge is 2.29. The average Bonchev–Trinajstić information content (AvgIpc) is 2.92. The van der Waals surface area contributed by atoms with Gasteiger partial charge in [0.25, 0.3) is 0 Å². The van der Waals surface area contributed by atoms with E-state index in [-0.39, 0.29) is 0 Å². The maximum absolute atomic E-state index is 11.4. The highest BCUT2D eigenvalue weighted by atomic mass is 32.2. The van der Waals surface area contributed by atoms with Gasteiger partial charge in [-0.2, -0.15) is 0 Å². The largest absolute Gasteiger partial charge is 0.315 e. The van der Waals surface area contributed by atoms with Crippen molar-refractivity contribution in [3.63, 3.8) is 0 Å². The van der Waals surface area contributed by atoms with Crippen molar-refractivity contribution in [2.24, 2.45) is 0 Å². The molecule has 0 atom stereocenters. The molecule has 96 valence electrons. The van der Waals surface area contributed by atoms with Crippen molar-refractivity contribution < 1.29 is 8.42 Å². The molecule has 0 heterocycles. The van der Waals surface area contributed by atoms with Gasteiger partial charge >= 0.3 is 0 Å². The van der Waals surface area contributed by atoms with Crippen LogP contribution in [0.25, 0.3) is 0 Å². The summed E-state index contributed by atoms with van der Waals surface area (Å²) >= 11 is 0. The van der Waals surface area contributed by atoms with E-state index in [0.717, 1.165) is 25.6 Å². The normalized spacial score (nSPS) is 17.7. The van der Waals surface area contributed by atoms with Crippen LogP contribution in [0.2, 0.25) is 0 Å². The molecule has 0 aliphatic heterocycles. The van der Waals surface area contributed by atoms with Crippen LogP contribution >= 0.6 is 0 Å². The molecule has 1 aliphatic carbocycles. The van der Waals surface area contributed by atoms with E-state index in [1.54, 1.807) is 13.8 Å². The Bertz CT molecular complexity index is 308. The van der Waals surface area contributed by atoms with Crippen LogP contribution in [0, 0.1) is 0 Å². The Morgan fingerprint density at radius 2 is 1.88 bits per heavy atom. The zero-order chi connectivity index (χ0) is 12.2. The van der Waals surface area contributed by atoms with Gasteiger partial charge in [0.2, 0.25) is 0 Å². The van der Waals surface area contributed by atoms with Gasteiger partial charge in [-0.1, -0.05) is 0 Å². The molecule has 0 bridgehead atoms. The maximum Gasteiger partial charge on any atom is 0.153 e. The highest BCUT2D eigenvalue weighted by molar-refractivity contribution is 7.92. The van der Waals surface area contributed by atoms with Gasteiger partial charge in [-0.15, -0.1) is 0 Å². The van der Waals surface area contributed by atoms with E-state index in [2.05, 4.69) is 10.6 Å². The number of hydrogen-bond donors (Lipinski definition) is 2. The lowest BCUT2D eigenvalue weighted by Gasteiger charge is -2.22. The maximum atomic E-state index is 11.4. The first-order chi connectivity index (χ1) is 7.33. The van der Waals surface area contributed by atoms with Crippen molar-refractivity contribution in [1.82, 2.24) is 10.6 Å². The number of hydrogen-bond acceptors (Lipinski definition) is 4. The van der Waals surface area contributed by atoms with Crippen molar-refractivity contribution in [2.45, 2.75) is 43.9 Å². The second-order valence-electron chi connectivity index (χ2n) is 5.29. The van der Waals surface area contributed by atoms with Crippen LogP contribution < -0.4 is 10.6 Å². The minimum absolute atomic E-state index is 0.523. The lowest BCUT2D eigenvalue weighted by Crippen LogP contribution is -2.42. The molecule has 16 heavy (non-hydrogen) atoms. The Labute approximate surface area is 99.1 Å². The highest BCUT2D eigenvalue weighted by Crippen LogP contribution is 2.18. The van der Waals surface area contributed by atoms with Crippen LogP contribution in [-0.2, 0) is 9.84 Å². The molecule has 0 spiro atoms. The second-order valence-corrected chi connectivity index (χ2v) is 7.94. The number of sulfone groups is 1. The first-order valence-electron chi connectivity index (χ1n) is 5.97. The van der Waals surface area contributed by atoms with E-state index in [0.29, 0.717) is 6.54 Å². The van der Waals surface area contributed by atoms with Gasteiger partial charge in [-0.25, -0.2) is 8.42 Å². The summed E-state index contributed by atoms with van der Waals surface area (Å²) in [5.41, 5.74) is 0. The van der Waals surface area contributed by atoms with Crippen molar-refractivity contribution in [2.75, 3.05) is 25.9 Å². The lowest BCUT2D eigenvalue weighted by molar-refractivity contribution is 0.512. The summed E-state index contributed by atoms with van der Waals surface area (Å²) in [5.74, 6) is 0. The summed E-state index contributed by atoms with van der Waals surface area (Å²) in [6, 6.07) is 0.757. The molecule has 1 rings (SSSR count). The molecule has 1 fully saturated rings. The van der Waals surface area contributed by atoms with Gasteiger partial charge < -0.3 is 10.6 Å². The lowest BCUT2D eigenvalue weighted by atomic mass is 10.2. The van der Waals surface area contributed by atoms with Crippen molar-refractivity contribution >= 4 is 9.84 Å². The molecule has 0 saturated heterocycles. The fourth-order valence-electron chi connectivity index (χ4n) is 1.33. The van der Waals surface area contributed by atoms with E-state index < -0.39 is 14.6 Å². The van der Waals surface area contributed by atoms with Crippen LogP contribution in [0.1, 0.15) is 33.1 Å². The zero-order valence-electron chi connectivity index (χ0n) is 10.5. The van der Waals surface area contributed by atoms with Crippen LogP contribution in [0.15, 0.2) is 0 Å². The third kappa shape index (κ3) is 4.80. The Morgan fingerprint density at radius 3 is 2.38 bits per heavy atom. The molecule has 0 amide bonds. The summed E-state index contributed by atoms with van der Waals surface area (Å²) in [4.78, 5) is 0. The second kappa shape index (κ2) is 5.47. The fourth-order valence-corrected chi connectivity index (χ4v) is 1.69. The fraction of sp³-hybridized carbons (Fsp3) is 1.00. The van der Waals surface area contributed by atoms with Crippen LogP contribution in [-0.4, -0.2) is 45.1 Å². The van der Waals surface area contributed by atoms with E-state index >= 15 is 0 Å². The molecular weight excluding hydrogens is 224 g/mol. The summed E-state index contributed by atoms with van der Waals surface area (Å²) in [5, 5.41) is 6.63. The predicted molar refractivity (Wildman–Crippen MR) is 67.4 cm³/mol. The molecule has 0 unspecified atom stereocenters. The monoisotopic (exact) mass is 248 g/mol. The number of nitrogens with one attached hydrogen (secondary N) is 2. The number of rotatable bonds is 8. The molecular formula is C11H24N2O2S. The molecule has 4 nitrogen and oxygen atoms in total. The van der Waals surface area contributed by atoms with Crippen molar-refractivity contribution in [1.29, 1.82) is 0 Å². The van der Waals surface area contributed by atoms with Gasteiger partial charge in [0.1, 0.15) is 0 Å². The molecule has 0 aromatic carbocycles. The molecule has 1 saturated carbocycles. The zero-order valence-corrected chi connectivity index (χ0v) is 11.4. The van der Waals surface area contributed by atoms with E-state index in [1.807, 2.05) is 0 Å². The predicted octanol–water partition coefficient (Wildman–Crippen LogP) is 0.541. The summed E-state index contributed by atoms with van der Waals surface area (Å²) in [6.07, 6.45) is 4.97. The topological polar surface area (TPSA) is 58.2 Å². The van der Waals surface area contributed by atoms with Crippen LogP contribution in [0.5, 0.6) is 0 Å². The molecule has 0 aromatic rings. The van der Waals surface area contributed by atoms with Gasteiger partial charge in [0.05, 0.1) is 4.75 Å². The van der Waals surface area contributed by atoms with Gasteiger partial charge in [0, 0.05) is 18.8 Å². The summed E-state index contributed by atoms with van der Waals surface area (Å²) in [6.45, 7) is 5.94. The van der Waals surface area contributed by atoms with E-state index in [4.69, 9.17) is 0 Å². The average molecular weight is 248 g/mol. The van der Waals surface area contributed by atoms with Crippen molar-refractivity contribution in [3.05, 3.63) is 0 Å². The van der Waals surface area contributed by atoms with Crippen molar-refractivity contribution in [3.8, 4) is 0 Å². The third-order valence-corrected chi connectivity index (χ3v) is 5.25. The molecule has 1 aliphatic rings. The molecule has 2 N–H and O–H groups in total. The van der Waals surface area contributed by atoms with E-state index in [9.17, 15) is 8.42 Å². The van der Waals surface area contributed by atoms with Crippen LogP contribution in [0.4, 0.5) is 0 Å². The standard InChI is InChI=1S/C11H24N2O2S/c1-11(2,16(3,14)15)9-12-7-4-8-13-10-5-6-10/h10,12-13H,4-9H2,1-3H3. The summed E-state index contributed by atoms with van der Waals surface area (Å²) < 4.78 is 22.2. The minimum atomic E-state index is -2.98. The van der Waals surface area contributed by atoms with Gasteiger partial charge in [-0.05, 0) is 46.2 Å². The Morgan fingerprint density at radius 1 is 1.25 bits per heavy atom. The minimum Gasteiger partial charge on any atom is -0.315 e. The summed E-state index contributed by atoms with van der Waals surface area (Å²) in [7, 11) is -2.98. The first-order valence-corrected chi connectivity index (χ1v) is 7.86. The SMILES string of the molecule is CC(C)(CNCCCNC1CC1)S(C)(=O)=O. The Kier molecular flexibility index (Phi) is 4.76. The van der Waals surface area contributed by atoms with Gasteiger partial charge in [0.15, 0.2) is 9.84 Å². The smallest absolute Gasteiger partial charge is 0.153 e. The Balaban J connectivity index is 2.05. The van der Waals surface area contributed by atoms with Gasteiger partial charge in [-0.3, -0.25) is 0 Å². The molecule has 0 radical (unpaired) electrons. The van der Waals surface area contributed by atoms with Crippen LogP contribution in [0.3, 0.4) is 0 Å². The quantitative estimate of drug-likeness (QED) is 0.616. The molecule has 0 aromatic heterocycles. The molecule has 5 heteroatoms. The van der Waals surface area contributed by atoms with E-state index in [1.165, 1.54) is 19.1 Å². The Hall–Kier alpha value is -0.130. The third-order valence-electron chi connectivity index (χ3n) is 3.10. The first kappa shape index (κ1) is 13.9.